The van der Waals surface area contributed by atoms with E-state index in [1.807, 2.05) is 6.20 Å². The SMILES string of the molecule is c1ncc2ccn(C3CCC(CCc4ccc5cc6c(nc5c4)NOC6)C3)c2n1. The molecule has 146 valence electrons. The lowest BCUT2D eigenvalue weighted by Gasteiger charge is -2.14. The maximum atomic E-state index is 5.28. The van der Waals surface area contributed by atoms with Gasteiger partial charge in [0.25, 0.3) is 0 Å². The van der Waals surface area contributed by atoms with E-state index in [0.717, 1.165) is 40.3 Å². The number of nitrogens with zero attached hydrogens (tertiary/aromatic N) is 4. The molecule has 2 aliphatic rings. The molecule has 1 aliphatic carbocycles. The van der Waals surface area contributed by atoms with Gasteiger partial charge >= 0.3 is 0 Å². The van der Waals surface area contributed by atoms with E-state index < -0.39 is 0 Å². The molecular formula is C23H23N5O. The molecule has 0 amide bonds. The molecule has 0 spiro atoms. The Balaban J connectivity index is 1.14. The quantitative estimate of drug-likeness (QED) is 0.546. The van der Waals surface area contributed by atoms with Gasteiger partial charge in [-0.05, 0) is 61.8 Å². The summed E-state index contributed by atoms with van der Waals surface area (Å²) in [6.07, 6.45) is 11.8. The van der Waals surface area contributed by atoms with Gasteiger partial charge in [-0.1, -0.05) is 12.1 Å². The molecule has 1 aromatic carbocycles. The highest BCUT2D eigenvalue weighted by atomic mass is 16.7. The Morgan fingerprint density at radius 2 is 2.14 bits per heavy atom. The monoisotopic (exact) mass is 385 g/mol. The molecule has 4 heterocycles. The van der Waals surface area contributed by atoms with Crippen LogP contribution in [0, 0.1) is 5.92 Å². The number of aromatic nitrogens is 4. The van der Waals surface area contributed by atoms with Crippen LogP contribution in [0.4, 0.5) is 5.82 Å². The molecule has 6 heteroatoms. The van der Waals surface area contributed by atoms with E-state index in [2.05, 4.69) is 56.5 Å². The second kappa shape index (κ2) is 6.81. The number of nitrogens with one attached hydrogen (secondary N) is 1. The highest BCUT2D eigenvalue weighted by Crippen LogP contribution is 2.38. The third-order valence-electron chi connectivity index (χ3n) is 6.48. The van der Waals surface area contributed by atoms with E-state index >= 15 is 0 Å². The third kappa shape index (κ3) is 3.04. The number of rotatable bonds is 4. The van der Waals surface area contributed by atoms with Crippen molar-refractivity contribution in [1.29, 1.82) is 0 Å². The van der Waals surface area contributed by atoms with Gasteiger partial charge < -0.3 is 4.57 Å². The number of benzene rings is 1. The van der Waals surface area contributed by atoms with Crippen molar-refractivity contribution in [3.8, 4) is 0 Å². The molecule has 1 saturated carbocycles. The van der Waals surface area contributed by atoms with Crippen LogP contribution in [0.15, 0.2) is 49.1 Å². The summed E-state index contributed by atoms with van der Waals surface area (Å²) in [5.74, 6) is 1.62. The standard InChI is InChI=1S/C23H23N5O/c1(2-16-3-5-17-11-19-13-29-27-22(19)26-21(17)10-16)15-4-6-20(9-15)28-8-7-18-12-24-14-25-23(18)28/h3,5,7-8,10-12,14-15,20H,1-2,4,6,9,13H2,(H,26,27). The fourth-order valence-corrected chi connectivity index (χ4v) is 4.92. The molecule has 1 N–H and O–H groups in total. The van der Waals surface area contributed by atoms with Crippen LogP contribution in [0.5, 0.6) is 0 Å². The van der Waals surface area contributed by atoms with Crippen LogP contribution >= 0.6 is 0 Å². The maximum Gasteiger partial charge on any atom is 0.156 e. The van der Waals surface area contributed by atoms with Gasteiger partial charge in [0, 0.05) is 34.8 Å². The molecule has 4 aromatic rings. The Morgan fingerprint density at radius 1 is 1.14 bits per heavy atom. The average molecular weight is 385 g/mol. The maximum absolute atomic E-state index is 5.28. The van der Waals surface area contributed by atoms with E-state index in [0.29, 0.717) is 12.6 Å². The number of pyridine rings is 1. The van der Waals surface area contributed by atoms with E-state index in [1.165, 1.54) is 36.6 Å². The van der Waals surface area contributed by atoms with E-state index in [9.17, 15) is 0 Å². The Labute approximate surface area is 168 Å². The van der Waals surface area contributed by atoms with Crippen LogP contribution in [0.3, 0.4) is 0 Å². The number of hydrogen-bond donors (Lipinski definition) is 1. The number of fused-ring (bicyclic) bond motifs is 3. The second-order valence-corrected chi connectivity index (χ2v) is 8.31. The van der Waals surface area contributed by atoms with Gasteiger partial charge in [0.1, 0.15) is 18.6 Å². The first-order chi connectivity index (χ1) is 14.3. The average Bonchev–Trinajstić information content (AvgIpc) is 3.49. The van der Waals surface area contributed by atoms with Crippen LogP contribution in [-0.2, 0) is 17.9 Å². The van der Waals surface area contributed by atoms with Crippen molar-refractivity contribution >= 4 is 27.8 Å². The molecule has 6 rings (SSSR count). The second-order valence-electron chi connectivity index (χ2n) is 8.31. The molecule has 6 nitrogen and oxygen atoms in total. The molecule has 1 fully saturated rings. The first kappa shape index (κ1) is 16.9. The fourth-order valence-electron chi connectivity index (χ4n) is 4.92. The molecule has 29 heavy (non-hydrogen) atoms. The fraction of sp³-hybridized carbons (Fsp3) is 0.348. The summed E-state index contributed by atoms with van der Waals surface area (Å²) in [7, 11) is 0. The van der Waals surface area contributed by atoms with Gasteiger partial charge in [0.05, 0.1) is 5.52 Å². The van der Waals surface area contributed by atoms with E-state index in [-0.39, 0.29) is 0 Å². The predicted molar refractivity (Wildman–Crippen MR) is 112 cm³/mol. The first-order valence-electron chi connectivity index (χ1n) is 10.4. The number of aryl methyl sites for hydroxylation is 1. The molecular weight excluding hydrogens is 362 g/mol. The zero-order chi connectivity index (χ0) is 19.2. The van der Waals surface area contributed by atoms with Crippen molar-refractivity contribution in [3.63, 3.8) is 0 Å². The van der Waals surface area contributed by atoms with Crippen molar-refractivity contribution in [1.82, 2.24) is 19.5 Å². The first-order valence-corrected chi connectivity index (χ1v) is 10.4. The Morgan fingerprint density at radius 3 is 3.14 bits per heavy atom. The summed E-state index contributed by atoms with van der Waals surface area (Å²) in [5, 5.41) is 2.31. The van der Waals surface area contributed by atoms with Crippen molar-refractivity contribution < 1.29 is 4.84 Å². The van der Waals surface area contributed by atoms with Crippen molar-refractivity contribution in [2.75, 3.05) is 5.48 Å². The van der Waals surface area contributed by atoms with Crippen LogP contribution in [0.1, 0.15) is 42.9 Å². The molecule has 0 radical (unpaired) electrons. The summed E-state index contributed by atoms with van der Waals surface area (Å²) in [5.41, 5.74) is 7.50. The van der Waals surface area contributed by atoms with Crippen molar-refractivity contribution in [2.24, 2.45) is 5.92 Å². The van der Waals surface area contributed by atoms with Gasteiger partial charge in [-0.15, -0.1) is 0 Å². The zero-order valence-corrected chi connectivity index (χ0v) is 16.2. The lowest BCUT2D eigenvalue weighted by Crippen LogP contribution is -2.05. The molecule has 0 saturated heterocycles. The summed E-state index contributed by atoms with van der Waals surface area (Å²) < 4.78 is 2.35. The largest absolute Gasteiger partial charge is 0.329 e. The summed E-state index contributed by atoms with van der Waals surface area (Å²) in [6, 6.07) is 11.5. The Kier molecular flexibility index (Phi) is 3.97. The lowest BCUT2D eigenvalue weighted by molar-refractivity contribution is 0.202. The number of hydrogen-bond acceptors (Lipinski definition) is 5. The molecule has 2 unspecified atom stereocenters. The van der Waals surface area contributed by atoms with Crippen LogP contribution in [-0.4, -0.2) is 19.5 Å². The van der Waals surface area contributed by atoms with Crippen molar-refractivity contribution in [2.45, 2.75) is 44.8 Å². The van der Waals surface area contributed by atoms with E-state index in [4.69, 9.17) is 9.82 Å². The van der Waals surface area contributed by atoms with Crippen LogP contribution in [0.25, 0.3) is 21.9 Å². The highest BCUT2D eigenvalue weighted by molar-refractivity contribution is 5.82. The van der Waals surface area contributed by atoms with Gasteiger partial charge in [0.15, 0.2) is 5.82 Å². The van der Waals surface area contributed by atoms with Gasteiger partial charge in [-0.3, -0.25) is 4.84 Å². The minimum Gasteiger partial charge on any atom is -0.329 e. The zero-order valence-electron chi connectivity index (χ0n) is 16.2. The molecule has 2 atom stereocenters. The lowest BCUT2D eigenvalue weighted by atomic mass is 9.97. The van der Waals surface area contributed by atoms with Crippen LogP contribution < -0.4 is 5.48 Å². The Hall–Kier alpha value is -2.99. The third-order valence-corrected chi connectivity index (χ3v) is 6.48. The normalized spacial score (nSPS) is 21.0. The summed E-state index contributed by atoms with van der Waals surface area (Å²) in [6.45, 7) is 0.589. The van der Waals surface area contributed by atoms with Crippen molar-refractivity contribution in [3.05, 3.63) is 60.2 Å². The van der Waals surface area contributed by atoms with Gasteiger partial charge in [0.2, 0.25) is 0 Å². The van der Waals surface area contributed by atoms with E-state index in [1.54, 1.807) is 6.33 Å². The predicted octanol–water partition coefficient (Wildman–Crippen LogP) is 4.81. The van der Waals surface area contributed by atoms with Gasteiger partial charge in [-0.25, -0.2) is 20.4 Å². The minimum atomic E-state index is 0.555. The summed E-state index contributed by atoms with van der Waals surface area (Å²) in [4.78, 5) is 18.6. The smallest absolute Gasteiger partial charge is 0.156 e. The topological polar surface area (TPSA) is 64.9 Å². The Bertz CT molecular complexity index is 1200. The molecule has 0 bridgehead atoms. The number of anilines is 1. The van der Waals surface area contributed by atoms with Crippen LogP contribution in [0.2, 0.25) is 0 Å². The molecule has 1 aliphatic heterocycles. The summed E-state index contributed by atoms with van der Waals surface area (Å²) >= 11 is 0. The minimum absolute atomic E-state index is 0.555. The van der Waals surface area contributed by atoms with Gasteiger partial charge in [-0.2, -0.15) is 0 Å². The highest BCUT2D eigenvalue weighted by Gasteiger charge is 2.26. The molecule has 3 aromatic heterocycles.